The fourth-order valence-electron chi connectivity index (χ4n) is 2.25. The van der Waals surface area contributed by atoms with E-state index in [0.717, 1.165) is 11.9 Å². The molecule has 0 bridgehead atoms. The molecule has 0 radical (unpaired) electrons. The Balaban J connectivity index is 2.25. The van der Waals surface area contributed by atoms with Gasteiger partial charge in [0.25, 0.3) is 5.56 Å². The smallest absolute Gasteiger partial charge is 0.274 e. The van der Waals surface area contributed by atoms with Crippen LogP contribution in [-0.2, 0) is 13.5 Å². The molecular formula is C14H20N2O. The second kappa shape index (κ2) is 5.21. The van der Waals surface area contributed by atoms with E-state index in [1.165, 1.54) is 31.4 Å². The van der Waals surface area contributed by atoms with E-state index in [9.17, 15) is 4.79 Å². The van der Waals surface area contributed by atoms with Crippen molar-refractivity contribution in [3.63, 3.8) is 0 Å². The van der Waals surface area contributed by atoms with Gasteiger partial charge in [0, 0.05) is 25.1 Å². The van der Waals surface area contributed by atoms with E-state index >= 15 is 0 Å². The number of hydrogen-bond acceptors (Lipinski definition) is 1. The summed E-state index contributed by atoms with van der Waals surface area (Å²) in [5.41, 5.74) is 2.08. The summed E-state index contributed by atoms with van der Waals surface area (Å²) >= 11 is 0. The fourth-order valence-corrected chi connectivity index (χ4v) is 2.25. The van der Waals surface area contributed by atoms with E-state index < -0.39 is 0 Å². The molecule has 0 aliphatic heterocycles. The lowest BCUT2D eigenvalue weighted by molar-refractivity contribution is 0.651. The largest absolute Gasteiger partial charge is 0.315 e. The molecule has 0 N–H and O–H groups in total. The van der Waals surface area contributed by atoms with Gasteiger partial charge in [0.05, 0.1) is 0 Å². The second-order valence-electron chi connectivity index (χ2n) is 4.61. The molecule has 0 atom stereocenters. The molecule has 0 aliphatic rings. The monoisotopic (exact) mass is 232 g/mol. The summed E-state index contributed by atoms with van der Waals surface area (Å²) in [6.07, 6.45) is 9.99. The number of aryl methyl sites for hydroxylation is 2. The number of rotatable bonds is 5. The third kappa shape index (κ3) is 2.43. The van der Waals surface area contributed by atoms with Crippen LogP contribution in [0.25, 0.3) is 5.52 Å². The van der Waals surface area contributed by atoms with Crippen LogP contribution in [0.5, 0.6) is 0 Å². The maximum Gasteiger partial charge on any atom is 0.274 e. The Morgan fingerprint density at radius 3 is 2.82 bits per heavy atom. The third-order valence-corrected chi connectivity index (χ3v) is 3.23. The summed E-state index contributed by atoms with van der Waals surface area (Å²) in [5.74, 6) is 0. The van der Waals surface area contributed by atoms with Crippen LogP contribution in [0.3, 0.4) is 0 Å². The average Bonchev–Trinajstić information content (AvgIpc) is 2.80. The average molecular weight is 232 g/mol. The zero-order chi connectivity index (χ0) is 12.3. The summed E-state index contributed by atoms with van der Waals surface area (Å²) in [7, 11) is 1.82. The van der Waals surface area contributed by atoms with Gasteiger partial charge in [-0.25, -0.2) is 0 Å². The SMILES string of the molecule is CCCCCCc1cn(C)c(=O)c2cccn12. The highest BCUT2D eigenvalue weighted by molar-refractivity contribution is 5.46. The van der Waals surface area contributed by atoms with Crippen LogP contribution in [-0.4, -0.2) is 8.97 Å². The third-order valence-electron chi connectivity index (χ3n) is 3.23. The number of nitrogens with zero attached hydrogens (tertiary/aromatic N) is 2. The first kappa shape index (κ1) is 12.0. The van der Waals surface area contributed by atoms with Gasteiger partial charge < -0.3 is 8.97 Å². The van der Waals surface area contributed by atoms with Gasteiger partial charge in [0.1, 0.15) is 5.52 Å². The Bertz CT molecular complexity index is 551. The first-order valence-electron chi connectivity index (χ1n) is 6.39. The van der Waals surface area contributed by atoms with Crippen molar-refractivity contribution in [2.24, 2.45) is 7.05 Å². The zero-order valence-electron chi connectivity index (χ0n) is 10.6. The van der Waals surface area contributed by atoms with Gasteiger partial charge in [-0.05, 0) is 25.0 Å². The minimum Gasteiger partial charge on any atom is -0.315 e. The quantitative estimate of drug-likeness (QED) is 0.728. The van der Waals surface area contributed by atoms with Crippen molar-refractivity contribution in [1.29, 1.82) is 0 Å². The van der Waals surface area contributed by atoms with Gasteiger partial charge in [0.15, 0.2) is 0 Å². The van der Waals surface area contributed by atoms with Crippen LogP contribution in [0, 0.1) is 0 Å². The van der Waals surface area contributed by atoms with Crippen molar-refractivity contribution in [2.45, 2.75) is 39.0 Å². The Kier molecular flexibility index (Phi) is 3.67. The molecule has 0 saturated heterocycles. The topological polar surface area (TPSA) is 26.4 Å². The van der Waals surface area contributed by atoms with Gasteiger partial charge in [0.2, 0.25) is 0 Å². The van der Waals surface area contributed by atoms with Crippen molar-refractivity contribution in [3.05, 3.63) is 40.6 Å². The molecule has 92 valence electrons. The molecule has 0 aliphatic carbocycles. The van der Waals surface area contributed by atoms with Gasteiger partial charge in [-0.2, -0.15) is 0 Å². The first-order chi connectivity index (χ1) is 8.24. The molecule has 2 aromatic rings. The molecule has 3 nitrogen and oxygen atoms in total. The lowest BCUT2D eigenvalue weighted by Gasteiger charge is -2.08. The summed E-state index contributed by atoms with van der Waals surface area (Å²) in [6, 6.07) is 3.82. The maximum atomic E-state index is 11.9. The summed E-state index contributed by atoms with van der Waals surface area (Å²) in [4.78, 5) is 11.9. The van der Waals surface area contributed by atoms with Gasteiger partial charge in [-0.3, -0.25) is 4.79 Å². The minimum absolute atomic E-state index is 0.0762. The predicted octanol–water partition coefficient (Wildman–Crippen LogP) is 2.76. The lowest BCUT2D eigenvalue weighted by atomic mass is 10.1. The van der Waals surface area contributed by atoms with Crippen LogP contribution in [0.4, 0.5) is 0 Å². The van der Waals surface area contributed by atoms with Crippen molar-refractivity contribution >= 4 is 5.52 Å². The molecule has 0 aromatic carbocycles. The highest BCUT2D eigenvalue weighted by Crippen LogP contribution is 2.09. The molecule has 0 amide bonds. The van der Waals surface area contributed by atoms with Crippen LogP contribution >= 0.6 is 0 Å². The number of fused-ring (bicyclic) bond motifs is 1. The van der Waals surface area contributed by atoms with E-state index in [1.54, 1.807) is 4.57 Å². The standard InChI is InChI=1S/C14H20N2O/c1-3-4-5-6-8-12-11-15(2)14(17)13-9-7-10-16(12)13/h7,9-11H,3-6,8H2,1-2H3. The van der Waals surface area contributed by atoms with E-state index in [4.69, 9.17) is 0 Å². The van der Waals surface area contributed by atoms with Crippen molar-refractivity contribution in [3.8, 4) is 0 Å². The summed E-state index contributed by atoms with van der Waals surface area (Å²) in [5, 5.41) is 0. The van der Waals surface area contributed by atoms with Crippen LogP contribution in [0.15, 0.2) is 29.3 Å². The minimum atomic E-state index is 0.0762. The van der Waals surface area contributed by atoms with Gasteiger partial charge in [-0.1, -0.05) is 26.2 Å². The normalized spacial score (nSPS) is 11.2. The van der Waals surface area contributed by atoms with Gasteiger partial charge in [-0.15, -0.1) is 0 Å². The molecule has 0 fully saturated rings. The highest BCUT2D eigenvalue weighted by atomic mass is 16.1. The van der Waals surface area contributed by atoms with Crippen molar-refractivity contribution < 1.29 is 0 Å². The molecule has 0 saturated carbocycles. The molecule has 2 heterocycles. The second-order valence-corrected chi connectivity index (χ2v) is 4.61. The molecule has 0 spiro atoms. The van der Waals surface area contributed by atoms with E-state index in [1.807, 2.05) is 36.0 Å². The van der Waals surface area contributed by atoms with Crippen molar-refractivity contribution in [1.82, 2.24) is 8.97 Å². The molecule has 2 rings (SSSR count). The van der Waals surface area contributed by atoms with Crippen molar-refractivity contribution in [2.75, 3.05) is 0 Å². The van der Waals surface area contributed by atoms with E-state index in [0.29, 0.717) is 0 Å². The Morgan fingerprint density at radius 1 is 1.24 bits per heavy atom. The number of aromatic nitrogens is 2. The molecule has 0 unspecified atom stereocenters. The van der Waals surface area contributed by atoms with Gasteiger partial charge >= 0.3 is 0 Å². The Hall–Kier alpha value is -1.51. The predicted molar refractivity (Wildman–Crippen MR) is 70.5 cm³/mol. The zero-order valence-corrected chi connectivity index (χ0v) is 10.6. The number of unbranched alkanes of at least 4 members (excludes halogenated alkanes) is 3. The van der Waals surface area contributed by atoms with Crippen LogP contribution in [0.2, 0.25) is 0 Å². The molecule has 3 heteroatoms. The fraction of sp³-hybridized carbons (Fsp3) is 0.500. The lowest BCUT2D eigenvalue weighted by Crippen LogP contribution is -2.20. The highest BCUT2D eigenvalue weighted by Gasteiger charge is 2.05. The number of hydrogen-bond donors (Lipinski definition) is 0. The molecular weight excluding hydrogens is 212 g/mol. The molecule has 17 heavy (non-hydrogen) atoms. The summed E-state index contributed by atoms with van der Waals surface area (Å²) < 4.78 is 3.71. The van der Waals surface area contributed by atoms with Crippen LogP contribution in [0.1, 0.15) is 38.3 Å². The van der Waals surface area contributed by atoms with E-state index in [2.05, 4.69) is 6.92 Å². The van der Waals surface area contributed by atoms with Crippen LogP contribution < -0.4 is 5.56 Å². The maximum absolute atomic E-state index is 11.9. The Labute approximate surface area is 102 Å². The molecule has 2 aromatic heterocycles. The first-order valence-corrected chi connectivity index (χ1v) is 6.39. The summed E-state index contributed by atoms with van der Waals surface area (Å²) in [6.45, 7) is 2.22. The Morgan fingerprint density at radius 2 is 2.06 bits per heavy atom. The van der Waals surface area contributed by atoms with E-state index in [-0.39, 0.29) is 5.56 Å².